The van der Waals surface area contributed by atoms with E-state index in [4.69, 9.17) is 14.2 Å². The van der Waals surface area contributed by atoms with Crippen molar-refractivity contribution in [2.45, 2.75) is 39.5 Å². The van der Waals surface area contributed by atoms with Crippen LogP contribution in [0.2, 0.25) is 0 Å². The van der Waals surface area contributed by atoms with Crippen molar-refractivity contribution in [3.63, 3.8) is 0 Å². The fourth-order valence-corrected chi connectivity index (χ4v) is 3.22. The molecule has 0 spiro atoms. The van der Waals surface area contributed by atoms with Gasteiger partial charge in [0.15, 0.2) is 11.5 Å². The van der Waals surface area contributed by atoms with Crippen LogP contribution in [0.1, 0.15) is 38.2 Å². The van der Waals surface area contributed by atoms with Crippen molar-refractivity contribution < 1.29 is 19.0 Å². The molecule has 148 valence electrons. The van der Waals surface area contributed by atoms with Gasteiger partial charge in [-0.05, 0) is 70.3 Å². The molecule has 0 N–H and O–H groups in total. The number of hydrogen-bond donors (Lipinski definition) is 0. The highest BCUT2D eigenvalue weighted by molar-refractivity contribution is 5.85. The summed E-state index contributed by atoms with van der Waals surface area (Å²) in [6, 6.07) is 5.97. The van der Waals surface area contributed by atoms with Crippen LogP contribution in [0.25, 0.3) is 0 Å². The number of nitrogens with zero attached hydrogens (tertiary/aromatic N) is 1. The van der Waals surface area contributed by atoms with Gasteiger partial charge < -0.3 is 19.1 Å². The van der Waals surface area contributed by atoms with Crippen LogP contribution in [-0.4, -0.2) is 50.8 Å². The molecular formula is C20H32ClNO4. The highest BCUT2D eigenvalue weighted by Crippen LogP contribution is 2.28. The van der Waals surface area contributed by atoms with Crippen molar-refractivity contribution in [3.8, 4) is 11.5 Å². The van der Waals surface area contributed by atoms with Gasteiger partial charge in [0.05, 0.1) is 26.2 Å². The number of halogens is 1. The van der Waals surface area contributed by atoms with Crippen LogP contribution in [0.4, 0.5) is 0 Å². The zero-order valence-electron chi connectivity index (χ0n) is 16.2. The number of aryl methyl sites for hydroxylation is 1. The fourth-order valence-electron chi connectivity index (χ4n) is 3.22. The number of rotatable bonds is 9. The second-order valence-electron chi connectivity index (χ2n) is 6.60. The van der Waals surface area contributed by atoms with E-state index in [1.54, 1.807) is 7.11 Å². The minimum Gasteiger partial charge on any atom is -0.493 e. The maximum absolute atomic E-state index is 11.9. The lowest BCUT2D eigenvalue weighted by atomic mass is 9.98. The average Bonchev–Trinajstić information content (AvgIpc) is 2.63. The van der Waals surface area contributed by atoms with E-state index in [2.05, 4.69) is 4.90 Å². The van der Waals surface area contributed by atoms with E-state index in [-0.39, 0.29) is 24.3 Å². The Morgan fingerprint density at radius 3 is 2.81 bits per heavy atom. The molecule has 1 aromatic carbocycles. The van der Waals surface area contributed by atoms with E-state index >= 15 is 0 Å². The van der Waals surface area contributed by atoms with E-state index < -0.39 is 0 Å². The number of unbranched alkanes of at least 4 members (excludes halogenated alkanes) is 1. The second-order valence-corrected chi connectivity index (χ2v) is 6.60. The molecule has 1 atom stereocenters. The van der Waals surface area contributed by atoms with Crippen LogP contribution in [-0.2, 0) is 9.53 Å². The van der Waals surface area contributed by atoms with Crippen molar-refractivity contribution in [3.05, 3.63) is 23.8 Å². The van der Waals surface area contributed by atoms with Crippen molar-refractivity contribution in [1.82, 2.24) is 4.90 Å². The molecule has 0 aromatic heterocycles. The smallest absolute Gasteiger partial charge is 0.310 e. The van der Waals surface area contributed by atoms with Crippen molar-refractivity contribution in [2.75, 3.05) is 40.0 Å². The van der Waals surface area contributed by atoms with Gasteiger partial charge in [0.25, 0.3) is 0 Å². The minimum atomic E-state index is -0.0398. The van der Waals surface area contributed by atoms with Crippen molar-refractivity contribution in [2.24, 2.45) is 5.92 Å². The van der Waals surface area contributed by atoms with Gasteiger partial charge in [-0.1, -0.05) is 6.07 Å². The second kappa shape index (κ2) is 12.0. The monoisotopic (exact) mass is 385 g/mol. The highest BCUT2D eigenvalue weighted by atomic mass is 35.5. The molecule has 1 heterocycles. The zero-order valence-corrected chi connectivity index (χ0v) is 17.0. The first-order valence-corrected chi connectivity index (χ1v) is 9.30. The number of ether oxygens (including phenoxy) is 3. The van der Waals surface area contributed by atoms with Gasteiger partial charge in [-0.25, -0.2) is 0 Å². The molecule has 1 saturated heterocycles. The summed E-state index contributed by atoms with van der Waals surface area (Å²) in [5.74, 6) is 1.59. The molecule has 0 saturated carbocycles. The molecule has 2 rings (SSSR count). The Morgan fingerprint density at radius 2 is 2.08 bits per heavy atom. The Labute approximate surface area is 163 Å². The number of esters is 1. The fraction of sp³-hybridized carbons (Fsp3) is 0.650. The molecule has 1 aromatic rings. The number of carbonyl (C=O) groups excluding carboxylic acids is 1. The molecule has 1 fully saturated rings. The molecule has 0 radical (unpaired) electrons. The first kappa shape index (κ1) is 22.6. The molecule has 1 aliphatic heterocycles. The standard InChI is InChI=1S/C20H31NO4.ClH/c1-4-24-20(22)17-8-7-12-21(15-17)11-5-6-13-25-18-10-9-16(2)14-19(18)23-3;/h9-10,14,17H,4-8,11-13,15H2,1-3H3;1H. The largest absolute Gasteiger partial charge is 0.493 e. The third kappa shape index (κ3) is 7.04. The molecule has 1 aliphatic rings. The molecule has 0 bridgehead atoms. The van der Waals surface area contributed by atoms with Gasteiger partial charge in [-0.3, -0.25) is 4.79 Å². The third-order valence-electron chi connectivity index (χ3n) is 4.57. The molecule has 0 amide bonds. The summed E-state index contributed by atoms with van der Waals surface area (Å²) in [5, 5.41) is 0. The summed E-state index contributed by atoms with van der Waals surface area (Å²) in [4.78, 5) is 14.3. The topological polar surface area (TPSA) is 48.0 Å². The number of methoxy groups -OCH3 is 1. The lowest BCUT2D eigenvalue weighted by molar-refractivity contribution is -0.149. The van der Waals surface area contributed by atoms with Crippen LogP contribution in [0.5, 0.6) is 11.5 Å². The summed E-state index contributed by atoms with van der Waals surface area (Å²) >= 11 is 0. The zero-order chi connectivity index (χ0) is 18.1. The molecule has 1 unspecified atom stereocenters. The quantitative estimate of drug-likeness (QED) is 0.477. The lowest BCUT2D eigenvalue weighted by Crippen LogP contribution is -2.39. The van der Waals surface area contributed by atoms with Gasteiger partial charge in [0.1, 0.15) is 0 Å². The normalized spacial score (nSPS) is 17.3. The van der Waals surface area contributed by atoms with Gasteiger partial charge in [-0.2, -0.15) is 0 Å². The highest BCUT2D eigenvalue weighted by Gasteiger charge is 2.26. The Kier molecular flexibility index (Phi) is 10.4. The minimum absolute atomic E-state index is 0. The Morgan fingerprint density at radius 1 is 1.27 bits per heavy atom. The first-order chi connectivity index (χ1) is 12.1. The third-order valence-corrected chi connectivity index (χ3v) is 4.57. The average molecular weight is 386 g/mol. The van der Waals surface area contributed by atoms with E-state index in [1.807, 2.05) is 32.0 Å². The molecule has 5 nitrogen and oxygen atoms in total. The van der Waals surface area contributed by atoms with E-state index in [0.717, 1.165) is 62.4 Å². The predicted octanol–water partition coefficient (Wildman–Crippen LogP) is 3.86. The molecule has 26 heavy (non-hydrogen) atoms. The summed E-state index contributed by atoms with van der Waals surface area (Å²) < 4.78 is 16.4. The van der Waals surface area contributed by atoms with Gasteiger partial charge in [0.2, 0.25) is 0 Å². The van der Waals surface area contributed by atoms with E-state index in [9.17, 15) is 4.79 Å². The number of carbonyl (C=O) groups is 1. The maximum atomic E-state index is 11.9. The van der Waals surface area contributed by atoms with Gasteiger partial charge in [0, 0.05) is 6.54 Å². The Bertz CT molecular complexity index is 553. The molecule has 6 heteroatoms. The number of hydrogen-bond acceptors (Lipinski definition) is 5. The van der Waals surface area contributed by atoms with Crippen LogP contribution in [0.3, 0.4) is 0 Å². The summed E-state index contributed by atoms with van der Waals surface area (Å²) in [5.41, 5.74) is 1.16. The van der Waals surface area contributed by atoms with Crippen molar-refractivity contribution in [1.29, 1.82) is 0 Å². The number of likely N-dealkylation sites (tertiary alicyclic amines) is 1. The Hall–Kier alpha value is -1.46. The van der Waals surface area contributed by atoms with Gasteiger partial charge in [-0.15, -0.1) is 12.4 Å². The van der Waals surface area contributed by atoms with Crippen LogP contribution < -0.4 is 9.47 Å². The van der Waals surface area contributed by atoms with Gasteiger partial charge >= 0.3 is 5.97 Å². The number of benzene rings is 1. The SMILES string of the molecule is CCOC(=O)C1CCCN(CCCCOc2ccc(C)cc2OC)C1.Cl. The van der Waals surface area contributed by atoms with E-state index in [1.165, 1.54) is 0 Å². The predicted molar refractivity (Wildman–Crippen MR) is 106 cm³/mol. The number of piperidine rings is 1. The Balaban J connectivity index is 0.00000338. The first-order valence-electron chi connectivity index (χ1n) is 9.30. The summed E-state index contributed by atoms with van der Waals surface area (Å²) in [6.07, 6.45) is 4.06. The van der Waals surface area contributed by atoms with E-state index in [0.29, 0.717) is 13.2 Å². The summed E-state index contributed by atoms with van der Waals surface area (Å²) in [7, 11) is 1.66. The maximum Gasteiger partial charge on any atom is 0.310 e. The lowest BCUT2D eigenvalue weighted by Gasteiger charge is -2.31. The molecular weight excluding hydrogens is 354 g/mol. The summed E-state index contributed by atoms with van der Waals surface area (Å²) in [6.45, 7) is 7.94. The van der Waals surface area contributed by atoms with Crippen LogP contribution in [0, 0.1) is 12.8 Å². The van der Waals surface area contributed by atoms with Crippen LogP contribution >= 0.6 is 12.4 Å². The molecule has 0 aliphatic carbocycles. The van der Waals surface area contributed by atoms with Crippen molar-refractivity contribution >= 4 is 18.4 Å². The van der Waals surface area contributed by atoms with Crippen LogP contribution in [0.15, 0.2) is 18.2 Å².